The largest absolute Gasteiger partial charge is 0.495 e. The molecule has 0 bridgehead atoms. The van der Waals surface area contributed by atoms with Gasteiger partial charge in [-0.3, -0.25) is 4.79 Å². The smallest absolute Gasteiger partial charge is 0.255 e. The zero-order valence-corrected chi connectivity index (χ0v) is 19.9. The molecule has 2 aromatic carbocycles. The molecule has 0 fully saturated rings. The number of amides is 1. The number of rotatable bonds is 9. The van der Waals surface area contributed by atoms with Crippen molar-refractivity contribution in [3.8, 4) is 5.75 Å². The van der Waals surface area contributed by atoms with Gasteiger partial charge in [0, 0.05) is 22.3 Å². The molecule has 0 saturated carbocycles. The van der Waals surface area contributed by atoms with Gasteiger partial charge in [0.25, 0.3) is 5.91 Å². The number of methoxy groups -OCH3 is 1. The van der Waals surface area contributed by atoms with Crippen LogP contribution in [0.1, 0.15) is 29.8 Å². The SMILES string of the molecule is COc1ccc(C(=O)Nc2ccccc2SCc2ccsc2)cc1S(=O)(=O)NC(C)C. The van der Waals surface area contributed by atoms with Crippen LogP contribution in [0.4, 0.5) is 5.69 Å². The predicted molar refractivity (Wildman–Crippen MR) is 127 cm³/mol. The average Bonchev–Trinajstić information content (AvgIpc) is 3.25. The number of anilines is 1. The predicted octanol–water partition coefficient (Wildman–Crippen LogP) is 4.99. The maximum absolute atomic E-state index is 12.9. The lowest BCUT2D eigenvalue weighted by Gasteiger charge is -2.15. The van der Waals surface area contributed by atoms with Crippen molar-refractivity contribution in [2.75, 3.05) is 12.4 Å². The van der Waals surface area contributed by atoms with Crippen LogP contribution < -0.4 is 14.8 Å². The normalized spacial score (nSPS) is 11.5. The molecule has 0 radical (unpaired) electrons. The van der Waals surface area contributed by atoms with E-state index in [4.69, 9.17) is 4.74 Å². The molecule has 0 saturated heterocycles. The quantitative estimate of drug-likeness (QED) is 0.425. The van der Waals surface area contributed by atoms with Gasteiger partial charge in [-0.2, -0.15) is 11.3 Å². The zero-order valence-electron chi connectivity index (χ0n) is 17.4. The van der Waals surface area contributed by atoms with Gasteiger partial charge >= 0.3 is 0 Å². The van der Waals surface area contributed by atoms with Crippen LogP contribution in [0.15, 0.2) is 69.1 Å². The number of hydrogen-bond acceptors (Lipinski definition) is 6. The highest BCUT2D eigenvalue weighted by Crippen LogP contribution is 2.31. The Bertz CT molecular complexity index is 1140. The molecule has 0 aliphatic carbocycles. The zero-order chi connectivity index (χ0) is 22.4. The first kappa shape index (κ1) is 23.3. The van der Waals surface area contributed by atoms with Crippen molar-refractivity contribution in [3.63, 3.8) is 0 Å². The molecule has 0 atom stereocenters. The Morgan fingerprint density at radius 1 is 1.16 bits per heavy atom. The first-order chi connectivity index (χ1) is 14.8. The Kier molecular flexibility index (Phi) is 7.77. The summed E-state index contributed by atoms with van der Waals surface area (Å²) >= 11 is 3.28. The Morgan fingerprint density at radius 2 is 1.94 bits per heavy atom. The number of carbonyl (C=O) groups excluding carboxylic acids is 1. The molecule has 0 spiro atoms. The molecule has 31 heavy (non-hydrogen) atoms. The molecule has 0 aliphatic rings. The molecule has 164 valence electrons. The number of hydrogen-bond donors (Lipinski definition) is 2. The summed E-state index contributed by atoms with van der Waals surface area (Å²) in [7, 11) is -2.44. The van der Waals surface area contributed by atoms with Crippen molar-refractivity contribution in [1.82, 2.24) is 4.72 Å². The summed E-state index contributed by atoms with van der Waals surface area (Å²) in [4.78, 5) is 13.8. The highest BCUT2D eigenvalue weighted by atomic mass is 32.2. The Balaban J connectivity index is 1.83. The highest BCUT2D eigenvalue weighted by Gasteiger charge is 2.22. The highest BCUT2D eigenvalue weighted by molar-refractivity contribution is 7.98. The Labute approximate surface area is 191 Å². The topological polar surface area (TPSA) is 84.5 Å². The van der Waals surface area contributed by atoms with Gasteiger partial charge in [0.15, 0.2) is 0 Å². The maximum Gasteiger partial charge on any atom is 0.255 e. The van der Waals surface area contributed by atoms with Crippen LogP contribution in [0.25, 0.3) is 0 Å². The van der Waals surface area contributed by atoms with Crippen molar-refractivity contribution in [2.45, 2.75) is 35.4 Å². The van der Waals surface area contributed by atoms with Crippen LogP contribution in [0.2, 0.25) is 0 Å². The first-order valence-corrected chi connectivity index (χ1v) is 13.0. The lowest BCUT2D eigenvalue weighted by molar-refractivity contribution is 0.102. The summed E-state index contributed by atoms with van der Waals surface area (Å²) in [5.41, 5.74) is 2.12. The van der Waals surface area contributed by atoms with Gasteiger partial charge in [0.1, 0.15) is 10.6 Å². The van der Waals surface area contributed by atoms with Gasteiger partial charge in [0.2, 0.25) is 10.0 Å². The lowest BCUT2D eigenvalue weighted by Crippen LogP contribution is -2.30. The molecule has 1 heterocycles. The van der Waals surface area contributed by atoms with Gasteiger partial charge < -0.3 is 10.1 Å². The minimum absolute atomic E-state index is 0.0727. The fourth-order valence-corrected chi connectivity index (χ4v) is 6.00. The van der Waals surface area contributed by atoms with Crippen LogP contribution in [-0.4, -0.2) is 27.5 Å². The third-order valence-corrected chi connectivity index (χ3v) is 7.77. The monoisotopic (exact) mass is 476 g/mol. The number of sulfonamides is 1. The molecule has 1 aromatic heterocycles. The number of ether oxygens (including phenoxy) is 1. The average molecular weight is 477 g/mol. The van der Waals surface area contributed by atoms with E-state index in [1.807, 2.05) is 29.6 Å². The van der Waals surface area contributed by atoms with Crippen LogP contribution >= 0.6 is 23.1 Å². The number of thiophene rings is 1. The fourth-order valence-electron chi connectivity index (χ4n) is 2.83. The van der Waals surface area contributed by atoms with E-state index in [1.165, 1.54) is 24.8 Å². The van der Waals surface area contributed by atoms with E-state index in [9.17, 15) is 13.2 Å². The molecule has 3 rings (SSSR count). The maximum atomic E-state index is 12.9. The van der Waals surface area contributed by atoms with Gasteiger partial charge in [-0.25, -0.2) is 13.1 Å². The molecule has 1 amide bonds. The number of benzene rings is 2. The van der Waals surface area contributed by atoms with E-state index in [-0.39, 0.29) is 22.3 Å². The van der Waals surface area contributed by atoms with E-state index in [2.05, 4.69) is 21.5 Å². The molecular formula is C22H24N2O4S3. The van der Waals surface area contributed by atoms with Crippen molar-refractivity contribution in [1.29, 1.82) is 0 Å². The van der Waals surface area contributed by atoms with Gasteiger partial charge in [-0.1, -0.05) is 12.1 Å². The van der Waals surface area contributed by atoms with E-state index in [0.717, 1.165) is 10.6 Å². The minimum Gasteiger partial charge on any atom is -0.495 e. The number of carbonyl (C=O) groups is 1. The molecular weight excluding hydrogens is 452 g/mol. The Hall–Kier alpha value is -2.33. The van der Waals surface area contributed by atoms with E-state index in [0.29, 0.717) is 5.69 Å². The summed E-state index contributed by atoms with van der Waals surface area (Å²) in [6.45, 7) is 3.45. The van der Waals surface area contributed by atoms with E-state index < -0.39 is 15.9 Å². The summed E-state index contributed by atoms with van der Waals surface area (Å²) in [5.74, 6) is 0.575. The molecule has 6 nitrogen and oxygen atoms in total. The summed E-state index contributed by atoms with van der Waals surface area (Å²) in [6, 6.07) is 13.7. The lowest BCUT2D eigenvalue weighted by atomic mass is 10.2. The van der Waals surface area contributed by atoms with Crippen LogP contribution in [-0.2, 0) is 15.8 Å². The molecule has 3 aromatic rings. The van der Waals surface area contributed by atoms with E-state index in [1.54, 1.807) is 43.0 Å². The summed E-state index contributed by atoms with van der Waals surface area (Å²) in [6.07, 6.45) is 0. The van der Waals surface area contributed by atoms with E-state index >= 15 is 0 Å². The van der Waals surface area contributed by atoms with Gasteiger partial charge in [0.05, 0.1) is 12.8 Å². The third-order valence-electron chi connectivity index (χ3n) is 4.22. The molecule has 0 aliphatic heterocycles. The number of para-hydroxylation sites is 1. The summed E-state index contributed by atoms with van der Waals surface area (Å²) < 4.78 is 33.1. The first-order valence-electron chi connectivity index (χ1n) is 9.55. The number of thioether (sulfide) groups is 1. The fraction of sp³-hybridized carbons (Fsp3) is 0.227. The van der Waals surface area contributed by atoms with Crippen molar-refractivity contribution in [2.24, 2.45) is 0 Å². The summed E-state index contributed by atoms with van der Waals surface area (Å²) in [5, 5.41) is 7.03. The van der Waals surface area contributed by atoms with Gasteiger partial charge in [-0.15, -0.1) is 11.8 Å². The second-order valence-corrected chi connectivity index (χ2v) is 10.5. The molecule has 0 unspecified atom stereocenters. The van der Waals surface area contributed by atoms with Gasteiger partial charge in [-0.05, 0) is 66.6 Å². The second kappa shape index (κ2) is 10.3. The van der Waals surface area contributed by atoms with Crippen molar-refractivity contribution < 1.29 is 17.9 Å². The van der Waals surface area contributed by atoms with Crippen LogP contribution in [0.5, 0.6) is 5.75 Å². The van der Waals surface area contributed by atoms with Crippen molar-refractivity contribution in [3.05, 3.63) is 70.4 Å². The second-order valence-electron chi connectivity index (χ2n) is 7.01. The standard InChI is InChI=1S/C22H24N2O4S3/c1-15(2)24-31(26,27)21-12-17(8-9-19(21)28-3)22(25)23-18-6-4-5-7-20(18)30-14-16-10-11-29-13-16/h4-13,15,24H,14H2,1-3H3,(H,23,25). The minimum atomic E-state index is -3.83. The molecule has 2 N–H and O–H groups in total. The van der Waals surface area contributed by atoms with Crippen LogP contribution in [0, 0.1) is 0 Å². The Morgan fingerprint density at radius 3 is 2.61 bits per heavy atom. The van der Waals surface area contributed by atoms with Crippen molar-refractivity contribution >= 4 is 44.7 Å². The van der Waals surface area contributed by atoms with Crippen LogP contribution in [0.3, 0.4) is 0 Å². The molecule has 9 heteroatoms. The number of nitrogens with one attached hydrogen (secondary N) is 2. The third kappa shape index (κ3) is 6.10.